The fraction of sp³-hybridized carbons (Fsp3) is 0.583. The van der Waals surface area contributed by atoms with Crippen molar-refractivity contribution in [3.05, 3.63) is 29.6 Å². The molecule has 0 saturated carbocycles. The molecule has 3 nitrogen and oxygen atoms in total. The van der Waals surface area contributed by atoms with Gasteiger partial charge in [-0.25, -0.2) is 0 Å². The second-order valence-corrected chi connectivity index (χ2v) is 4.32. The molecule has 2 atom stereocenters. The molecule has 0 aliphatic carbocycles. The molecule has 0 bridgehead atoms. The van der Waals surface area contributed by atoms with E-state index in [1.807, 2.05) is 13.0 Å². The van der Waals surface area contributed by atoms with Crippen LogP contribution in [0, 0.1) is 18.8 Å². The molecule has 0 radical (unpaired) electrons. The summed E-state index contributed by atoms with van der Waals surface area (Å²) in [5, 5.41) is 10.2. The van der Waals surface area contributed by atoms with Crippen molar-refractivity contribution in [1.29, 1.82) is 0 Å². The smallest absolute Gasteiger partial charge is 0.0850 e. The molecule has 15 heavy (non-hydrogen) atoms. The van der Waals surface area contributed by atoms with E-state index in [1.54, 1.807) is 12.4 Å². The van der Waals surface area contributed by atoms with E-state index in [0.29, 0.717) is 12.5 Å². The fourth-order valence-corrected chi connectivity index (χ4v) is 1.78. The number of aromatic nitrogens is 1. The molecular formula is C12H20N2O. The van der Waals surface area contributed by atoms with Gasteiger partial charge in [0.25, 0.3) is 0 Å². The number of hydrogen-bond donors (Lipinski definition) is 2. The van der Waals surface area contributed by atoms with E-state index in [9.17, 15) is 5.11 Å². The highest BCUT2D eigenvalue weighted by molar-refractivity contribution is 5.24. The van der Waals surface area contributed by atoms with Crippen LogP contribution in [0.5, 0.6) is 0 Å². The minimum absolute atomic E-state index is 0.0906. The quantitative estimate of drug-likeness (QED) is 0.791. The zero-order chi connectivity index (χ0) is 11.4. The summed E-state index contributed by atoms with van der Waals surface area (Å²) in [7, 11) is 0. The van der Waals surface area contributed by atoms with Crippen LogP contribution in [-0.2, 0) is 0 Å². The average Bonchev–Trinajstić information content (AvgIpc) is 2.18. The molecule has 0 amide bonds. The Morgan fingerprint density at radius 3 is 2.60 bits per heavy atom. The Hall–Kier alpha value is -0.930. The number of nitrogens with zero attached hydrogens (tertiary/aromatic N) is 1. The number of rotatable bonds is 4. The zero-order valence-electron chi connectivity index (χ0n) is 9.64. The largest absolute Gasteiger partial charge is 0.388 e. The number of aryl methyl sites for hydroxylation is 1. The van der Waals surface area contributed by atoms with Gasteiger partial charge in [0, 0.05) is 23.9 Å². The summed E-state index contributed by atoms with van der Waals surface area (Å²) in [5.41, 5.74) is 7.64. The molecule has 1 heterocycles. The Kier molecular flexibility index (Phi) is 4.24. The van der Waals surface area contributed by atoms with Gasteiger partial charge < -0.3 is 10.8 Å². The number of aliphatic hydroxyl groups is 1. The first-order chi connectivity index (χ1) is 7.07. The third kappa shape index (κ3) is 2.76. The average molecular weight is 208 g/mol. The predicted molar refractivity (Wildman–Crippen MR) is 61.3 cm³/mol. The van der Waals surface area contributed by atoms with Crippen LogP contribution in [0.4, 0.5) is 0 Å². The van der Waals surface area contributed by atoms with Crippen LogP contribution < -0.4 is 5.73 Å². The van der Waals surface area contributed by atoms with E-state index in [2.05, 4.69) is 18.8 Å². The van der Waals surface area contributed by atoms with Gasteiger partial charge in [-0.2, -0.15) is 0 Å². The van der Waals surface area contributed by atoms with Gasteiger partial charge in [0.1, 0.15) is 0 Å². The molecule has 2 unspecified atom stereocenters. The van der Waals surface area contributed by atoms with Gasteiger partial charge in [-0.15, -0.1) is 0 Å². The normalized spacial score (nSPS) is 15.3. The summed E-state index contributed by atoms with van der Waals surface area (Å²) >= 11 is 0. The molecule has 1 aromatic rings. The van der Waals surface area contributed by atoms with Gasteiger partial charge in [0.05, 0.1) is 6.10 Å². The topological polar surface area (TPSA) is 59.1 Å². The zero-order valence-corrected chi connectivity index (χ0v) is 9.64. The molecule has 1 aromatic heterocycles. The number of aliphatic hydroxyl groups excluding tert-OH is 1. The van der Waals surface area contributed by atoms with Crippen LogP contribution in [-0.4, -0.2) is 16.6 Å². The van der Waals surface area contributed by atoms with Gasteiger partial charge in [-0.05, 0) is 31.0 Å². The molecule has 0 aliphatic heterocycles. The maximum absolute atomic E-state index is 10.2. The lowest BCUT2D eigenvalue weighted by molar-refractivity contribution is 0.0852. The van der Waals surface area contributed by atoms with Gasteiger partial charge in [0.2, 0.25) is 0 Å². The third-order valence-electron chi connectivity index (χ3n) is 2.93. The van der Waals surface area contributed by atoms with Crippen LogP contribution in [0.25, 0.3) is 0 Å². The van der Waals surface area contributed by atoms with E-state index < -0.39 is 6.10 Å². The van der Waals surface area contributed by atoms with Crippen molar-refractivity contribution >= 4 is 0 Å². The molecule has 3 N–H and O–H groups in total. The highest BCUT2D eigenvalue weighted by atomic mass is 16.3. The number of pyridine rings is 1. The summed E-state index contributed by atoms with van der Waals surface area (Å²) in [6.45, 7) is 6.63. The Morgan fingerprint density at radius 1 is 1.47 bits per heavy atom. The SMILES string of the molecule is Cc1ccncc1C(O)C(CN)C(C)C. The van der Waals surface area contributed by atoms with E-state index in [1.165, 1.54) is 0 Å². The van der Waals surface area contributed by atoms with Gasteiger partial charge >= 0.3 is 0 Å². The Bertz CT molecular complexity index is 312. The van der Waals surface area contributed by atoms with Crippen molar-refractivity contribution in [2.24, 2.45) is 17.6 Å². The number of hydrogen-bond acceptors (Lipinski definition) is 3. The van der Waals surface area contributed by atoms with Crippen molar-refractivity contribution in [1.82, 2.24) is 4.98 Å². The maximum atomic E-state index is 10.2. The van der Waals surface area contributed by atoms with Crippen LogP contribution in [0.3, 0.4) is 0 Å². The summed E-state index contributed by atoms with van der Waals surface area (Å²) < 4.78 is 0. The molecule has 1 rings (SSSR count). The van der Waals surface area contributed by atoms with Gasteiger partial charge in [-0.3, -0.25) is 4.98 Å². The fourth-order valence-electron chi connectivity index (χ4n) is 1.78. The van der Waals surface area contributed by atoms with Crippen LogP contribution in [0.1, 0.15) is 31.1 Å². The summed E-state index contributed by atoms with van der Waals surface area (Å²) in [6.07, 6.45) is 2.95. The van der Waals surface area contributed by atoms with Crippen molar-refractivity contribution in [2.75, 3.05) is 6.54 Å². The maximum Gasteiger partial charge on any atom is 0.0850 e. The third-order valence-corrected chi connectivity index (χ3v) is 2.93. The van der Waals surface area contributed by atoms with E-state index in [0.717, 1.165) is 11.1 Å². The summed E-state index contributed by atoms with van der Waals surface area (Å²) in [4.78, 5) is 4.04. The van der Waals surface area contributed by atoms with Crippen molar-refractivity contribution < 1.29 is 5.11 Å². The molecule has 0 aromatic carbocycles. The first-order valence-electron chi connectivity index (χ1n) is 5.36. The highest BCUT2D eigenvalue weighted by Gasteiger charge is 2.23. The Balaban J connectivity index is 2.92. The van der Waals surface area contributed by atoms with Gasteiger partial charge in [-0.1, -0.05) is 13.8 Å². The second-order valence-electron chi connectivity index (χ2n) is 4.32. The predicted octanol–water partition coefficient (Wildman–Crippen LogP) is 1.65. The minimum atomic E-state index is -0.510. The van der Waals surface area contributed by atoms with Crippen molar-refractivity contribution in [3.8, 4) is 0 Å². The highest BCUT2D eigenvalue weighted by Crippen LogP contribution is 2.28. The summed E-state index contributed by atoms with van der Waals surface area (Å²) in [6, 6.07) is 1.91. The lowest BCUT2D eigenvalue weighted by Crippen LogP contribution is -2.27. The monoisotopic (exact) mass is 208 g/mol. The number of nitrogens with two attached hydrogens (primary N) is 1. The van der Waals surface area contributed by atoms with E-state index in [-0.39, 0.29) is 5.92 Å². The van der Waals surface area contributed by atoms with Crippen LogP contribution in [0.2, 0.25) is 0 Å². The molecular weight excluding hydrogens is 188 g/mol. The second kappa shape index (κ2) is 5.24. The van der Waals surface area contributed by atoms with Crippen molar-refractivity contribution in [3.63, 3.8) is 0 Å². The van der Waals surface area contributed by atoms with Crippen LogP contribution in [0.15, 0.2) is 18.5 Å². The van der Waals surface area contributed by atoms with E-state index >= 15 is 0 Å². The van der Waals surface area contributed by atoms with Crippen LogP contribution >= 0.6 is 0 Å². The Labute approximate surface area is 91.3 Å². The standard InChI is InChI=1S/C12H20N2O/c1-8(2)10(6-13)12(15)11-7-14-5-4-9(11)3/h4-5,7-8,10,12,15H,6,13H2,1-3H3. The molecule has 0 saturated heterocycles. The molecule has 0 fully saturated rings. The van der Waals surface area contributed by atoms with Crippen molar-refractivity contribution in [2.45, 2.75) is 26.9 Å². The lowest BCUT2D eigenvalue weighted by Gasteiger charge is -2.25. The Morgan fingerprint density at radius 2 is 2.13 bits per heavy atom. The summed E-state index contributed by atoms with van der Waals surface area (Å²) in [5.74, 6) is 0.456. The molecule has 84 valence electrons. The molecule has 0 aliphatic rings. The molecule has 0 spiro atoms. The first kappa shape index (κ1) is 12.1. The van der Waals surface area contributed by atoms with Gasteiger partial charge in [0.15, 0.2) is 0 Å². The van der Waals surface area contributed by atoms with E-state index in [4.69, 9.17) is 5.73 Å². The first-order valence-corrected chi connectivity index (χ1v) is 5.36. The lowest BCUT2D eigenvalue weighted by atomic mass is 9.86. The minimum Gasteiger partial charge on any atom is -0.388 e. The molecule has 3 heteroatoms.